The lowest BCUT2D eigenvalue weighted by molar-refractivity contribution is 0.249. The van der Waals surface area contributed by atoms with E-state index in [0.29, 0.717) is 6.54 Å². The molecule has 0 heterocycles. The minimum Gasteiger partial charge on any atom is -0.437 e. The van der Waals surface area contributed by atoms with Gasteiger partial charge >= 0.3 is 34.2 Å². The van der Waals surface area contributed by atoms with Crippen LogP contribution in [0, 0.1) is 0 Å². The highest BCUT2D eigenvalue weighted by Gasteiger charge is 2.49. The van der Waals surface area contributed by atoms with Crippen LogP contribution in [0.2, 0.25) is 71.0 Å². The van der Waals surface area contributed by atoms with Gasteiger partial charge in [-0.3, -0.25) is 0 Å². The molecule has 0 rings (SSSR count). The number of nitrogens with one attached hydrogen (secondary N) is 1. The second kappa shape index (κ2) is 17.5. The fourth-order valence-electron chi connectivity index (χ4n) is 4.69. The summed E-state index contributed by atoms with van der Waals surface area (Å²) in [6.07, 6.45) is 9.58. The molecule has 0 aromatic rings. The molecular formula is C24H62N2O5Si5. The zero-order valence-electron chi connectivity index (χ0n) is 25.8. The molecule has 2 atom stereocenters. The monoisotopic (exact) mass is 598 g/mol. The number of unbranched alkanes of at least 4 members (excludes halogenated alkanes) is 6. The van der Waals surface area contributed by atoms with Gasteiger partial charge in [-0.15, -0.1) is 0 Å². The van der Waals surface area contributed by atoms with E-state index in [9.17, 15) is 0 Å². The van der Waals surface area contributed by atoms with Gasteiger partial charge in [0.1, 0.15) is 0 Å². The molecule has 0 aliphatic rings. The second-order valence-electron chi connectivity index (χ2n) is 12.3. The predicted octanol–water partition coefficient (Wildman–Crippen LogP) is 6.77. The number of nitrogens with two attached hydrogens (primary N) is 1. The third-order valence-corrected chi connectivity index (χ3v) is 24.7. The molecule has 218 valence electrons. The topological polar surface area (TPSA) is 84.2 Å². The quantitative estimate of drug-likeness (QED) is 0.0991. The Morgan fingerprint density at radius 2 is 1.08 bits per heavy atom. The Labute approximate surface area is 230 Å². The first-order valence-corrected chi connectivity index (χ1v) is 28.4. The normalized spacial score (nSPS) is 16.7. The molecule has 36 heavy (non-hydrogen) atoms. The van der Waals surface area contributed by atoms with Gasteiger partial charge in [-0.25, -0.2) is 0 Å². The first-order valence-electron chi connectivity index (χ1n) is 14.3. The zero-order valence-corrected chi connectivity index (χ0v) is 30.8. The smallest absolute Gasteiger partial charge is 0.322 e. The van der Waals surface area contributed by atoms with Crippen LogP contribution in [0.4, 0.5) is 0 Å². The molecule has 0 spiro atoms. The molecule has 0 radical (unpaired) electrons. The van der Waals surface area contributed by atoms with E-state index in [0.717, 1.165) is 50.9 Å². The first kappa shape index (κ1) is 36.8. The Morgan fingerprint density at radius 3 is 1.56 bits per heavy atom. The Morgan fingerprint density at radius 1 is 0.583 bits per heavy atom. The molecule has 0 aliphatic heterocycles. The zero-order chi connectivity index (χ0) is 27.9. The van der Waals surface area contributed by atoms with Crippen LogP contribution in [0.15, 0.2) is 0 Å². The molecule has 0 aromatic carbocycles. The lowest BCUT2D eigenvalue weighted by Crippen LogP contribution is -2.60. The maximum absolute atomic E-state index is 7.19. The van der Waals surface area contributed by atoms with Gasteiger partial charge in [-0.05, 0) is 84.0 Å². The Hall–Kier alpha value is 0.804. The van der Waals surface area contributed by atoms with Gasteiger partial charge in [0.15, 0.2) is 8.32 Å². The lowest BCUT2D eigenvalue weighted by Gasteiger charge is -2.44. The van der Waals surface area contributed by atoms with Gasteiger partial charge in [-0.1, -0.05) is 51.9 Å². The summed E-state index contributed by atoms with van der Waals surface area (Å²) in [5.74, 6) is 0. The Bertz CT molecular complexity index is 584. The predicted molar refractivity (Wildman–Crippen MR) is 167 cm³/mol. The van der Waals surface area contributed by atoms with Crippen molar-refractivity contribution in [3.8, 4) is 0 Å². The molecule has 0 fully saturated rings. The van der Waals surface area contributed by atoms with E-state index in [2.05, 4.69) is 71.2 Å². The molecule has 0 amide bonds. The molecule has 0 saturated carbocycles. The summed E-state index contributed by atoms with van der Waals surface area (Å²) in [7, 11) is -9.67. The van der Waals surface area contributed by atoms with Gasteiger partial charge in [0.2, 0.25) is 0 Å². The van der Waals surface area contributed by atoms with Gasteiger partial charge in [0, 0.05) is 20.2 Å². The number of rotatable bonds is 23. The number of hydrogen-bond donors (Lipinski definition) is 2. The molecular weight excluding hydrogens is 537 g/mol. The highest BCUT2D eigenvalue weighted by atomic mass is 28.5. The molecule has 3 N–H and O–H groups in total. The van der Waals surface area contributed by atoms with E-state index in [1.54, 1.807) is 7.11 Å². The van der Waals surface area contributed by atoms with Crippen molar-refractivity contribution < 1.29 is 20.9 Å². The van der Waals surface area contributed by atoms with E-state index in [1.165, 1.54) is 25.7 Å². The van der Waals surface area contributed by atoms with Crippen LogP contribution in [0.5, 0.6) is 0 Å². The summed E-state index contributed by atoms with van der Waals surface area (Å²) in [6.45, 7) is 24.7. The van der Waals surface area contributed by atoms with E-state index in [1.807, 2.05) is 0 Å². The molecule has 2 unspecified atom stereocenters. The van der Waals surface area contributed by atoms with Crippen molar-refractivity contribution in [2.75, 3.05) is 26.7 Å². The third-order valence-electron chi connectivity index (χ3n) is 5.94. The van der Waals surface area contributed by atoms with Crippen LogP contribution in [-0.2, 0) is 20.9 Å². The van der Waals surface area contributed by atoms with Gasteiger partial charge < -0.3 is 31.9 Å². The van der Waals surface area contributed by atoms with Crippen LogP contribution in [0.1, 0.15) is 58.3 Å². The average Bonchev–Trinajstić information content (AvgIpc) is 2.70. The van der Waals surface area contributed by atoms with Gasteiger partial charge in [-0.2, -0.15) is 0 Å². The highest BCUT2D eigenvalue weighted by molar-refractivity contribution is 6.90. The van der Waals surface area contributed by atoms with Crippen LogP contribution in [0.3, 0.4) is 0 Å². The summed E-state index contributed by atoms with van der Waals surface area (Å²) in [5, 5.41) is 3.40. The minimum absolute atomic E-state index is 0.687. The fourth-order valence-corrected chi connectivity index (χ4v) is 27.9. The standard InChI is InChI=1S/C24H62N2O5Si5/c1-12-13-14-15-18-23-35(10,29-33(6,7)27-2)31-36(11,24-19-16-17-21-26-22-20-25)30-34(8,9)28-32(3,4)5/h26H,12-25H2,1-11H3. The largest absolute Gasteiger partial charge is 0.437 e. The fraction of sp³-hybridized carbons (Fsp3) is 1.00. The lowest BCUT2D eigenvalue weighted by atomic mass is 10.2. The van der Waals surface area contributed by atoms with Crippen molar-refractivity contribution in [3.05, 3.63) is 0 Å². The Balaban J connectivity index is 5.63. The summed E-state index contributed by atoms with van der Waals surface area (Å²) in [6, 6.07) is 1.95. The van der Waals surface area contributed by atoms with Gasteiger partial charge in [0.05, 0.1) is 0 Å². The van der Waals surface area contributed by atoms with Crippen molar-refractivity contribution >= 4 is 42.6 Å². The molecule has 0 aromatic heterocycles. The van der Waals surface area contributed by atoms with E-state index in [-0.39, 0.29) is 0 Å². The summed E-state index contributed by atoms with van der Waals surface area (Å²) in [4.78, 5) is 0. The Kier molecular flexibility index (Phi) is 17.9. The first-order chi connectivity index (χ1) is 16.5. The minimum atomic E-state index is -2.56. The van der Waals surface area contributed by atoms with Crippen LogP contribution in [0.25, 0.3) is 0 Å². The molecule has 0 bridgehead atoms. The van der Waals surface area contributed by atoms with Crippen LogP contribution < -0.4 is 11.1 Å². The maximum Gasteiger partial charge on any atom is 0.322 e. The van der Waals surface area contributed by atoms with Crippen molar-refractivity contribution in [2.45, 2.75) is 129 Å². The van der Waals surface area contributed by atoms with E-state index < -0.39 is 42.6 Å². The summed E-state index contributed by atoms with van der Waals surface area (Å²) >= 11 is 0. The van der Waals surface area contributed by atoms with Crippen LogP contribution in [-0.4, -0.2) is 69.3 Å². The molecule has 7 nitrogen and oxygen atoms in total. The third kappa shape index (κ3) is 19.0. The highest BCUT2D eigenvalue weighted by Crippen LogP contribution is 2.32. The van der Waals surface area contributed by atoms with E-state index >= 15 is 0 Å². The van der Waals surface area contributed by atoms with E-state index in [4.69, 9.17) is 26.6 Å². The van der Waals surface area contributed by atoms with Crippen molar-refractivity contribution in [2.24, 2.45) is 5.73 Å². The average molecular weight is 599 g/mol. The summed E-state index contributed by atoms with van der Waals surface area (Å²) in [5.41, 5.74) is 5.59. The molecule has 0 aliphatic carbocycles. The molecule has 12 heteroatoms. The number of hydrogen-bond acceptors (Lipinski definition) is 7. The van der Waals surface area contributed by atoms with Crippen molar-refractivity contribution in [3.63, 3.8) is 0 Å². The SMILES string of the molecule is CCCCCCC[Si](C)(O[Si](C)(C)OC)O[Si](C)(CCCCCNCCN)O[Si](C)(C)O[Si](C)(C)C. The molecule has 0 saturated heterocycles. The maximum atomic E-state index is 7.19. The van der Waals surface area contributed by atoms with Crippen molar-refractivity contribution in [1.29, 1.82) is 0 Å². The van der Waals surface area contributed by atoms with Gasteiger partial charge in [0.25, 0.3) is 0 Å². The second-order valence-corrected chi connectivity index (χ2v) is 31.3. The van der Waals surface area contributed by atoms with Crippen LogP contribution >= 0.6 is 0 Å². The van der Waals surface area contributed by atoms with Crippen molar-refractivity contribution in [1.82, 2.24) is 5.32 Å². The summed E-state index contributed by atoms with van der Waals surface area (Å²) < 4.78 is 33.4.